The van der Waals surface area contributed by atoms with Crippen LogP contribution in [0, 0.1) is 5.82 Å². The Kier molecular flexibility index (Phi) is 8.95. The van der Waals surface area contributed by atoms with Crippen molar-refractivity contribution in [2.45, 2.75) is 19.4 Å². The Morgan fingerprint density at radius 3 is 2.62 bits per heavy atom. The molecule has 1 aromatic heterocycles. The van der Waals surface area contributed by atoms with E-state index in [1.807, 2.05) is 35.2 Å². The molecular formula is C25H30FN5O2S. The quantitative estimate of drug-likeness (QED) is 0.423. The fourth-order valence-corrected chi connectivity index (χ4v) is 4.49. The Morgan fingerprint density at radius 2 is 1.85 bits per heavy atom. The summed E-state index contributed by atoms with van der Waals surface area (Å²) in [4.78, 5) is 21.7. The van der Waals surface area contributed by atoms with Crippen LogP contribution >= 0.6 is 11.5 Å². The molecule has 0 spiro atoms. The van der Waals surface area contributed by atoms with Gasteiger partial charge in [-0.3, -0.25) is 9.69 Å². The summed E-state index contributed by atoms with van der Waals surface area (Å²) < 4.78 is 23.0. The first-order chi connectivity index (χ1) is 16.7. The molecule has 180 valence electrons. The molecule has 0 bridgehead atoms. The lowest BCUT2D eigenvalue weighted by Gasteiger charge is -2.26. The van der Waals surface area contributed by atoms with E-state index in [1.54, 1.807) is 12.1 Å². The second kappa shape index (κ2) is 12.5. The largest absolute Gasteiger partial charge is 0.379 e. The van der Waals surface area contributed by atoms with Gasteiger partial charge in [-0.25, -0.2) is 9.37 Å². The van der Waals surface area contributed by atoms with E-state index < -0.39 is 0 Å². The van der Waals surface area contributed by atoms with Gasteiger partial charge in [-0.1, -0.05) is 42.5 Å². The maximum atomic E-state index is 13.2. The van der Waals surface area contributed by atoms with Crippen molar-refractivity contribution in [1.82, 2.24) is 19.6 Å². The van der Waals surface area contributed by atoms with Gasteiger partial charge in [0.1, 0.15) is 11.6 Å². The fourth-order valence-electron chi connectivity index (χ4n) is 3.81. The smallest absolute Gasteiger partial charge is 0.239 e. The van der Waals surface area contributed by atoms with Crippen molar-refractivity contribution in [3.05, 3.63) is 77.4 Å². The molecule has 1 N–H and O–H groups in total. The number of nitrogens with zero attached hydrogens (tertiary/aromatic N) is 4. The summed E-state index contributed by atoms with van der Waals surface area (Å²) >= 11 is 1.28. The maximum absolute atomic E-state index is 13.2. The van der Waals surface area contributed by atoms with Gasteiger partial charge in [0.05, 0.1) is 19.8 Å². The zero-order valence-corrected chi connectivity index (χ0v) is 20.0. The molecule has 1 aliphatic heterocycles. The van der Waals surface area contributed by atoms with Crippen LogP contribution in [0.2, 0.25) is 0 Å². The topological polar surface area (TPSA) is 70.6 Å². The fraction of sp³-hybridized carbons (Fsp3) is 0.400. The van der Waals surface area contributed by atoms with E-state index in [2.05, 4.69) is 19.6 Å². The summed E-state index contributed by atoms with van der Waals surface area (Å²) in [6, 6.07) is 16.4. The van der Waals surface area contributed by atoms with Gasteiger partial charge in [-0.2, -0.15) is 4.37 Å². The number of hydrogen-bond donors (Lipinski definition) is 1. The second-order valence-corrected chi connectivity index (χ2v) is 9.03. The molecule has 34 heavy (non-hydrogen) atoms. The van der Waals surface area contributed by atoms with E-state index in [1.165, 1.54) is 23.7 Å². The third-order valence-corrected chi connectivity index (χ3v) is 6.45. The number of anilines is 1. The van der Waals surface area contributed by atoms with E-state index >= 15 is 0 Å². The number of carbonyl (C=O) groups is 1. The van der Waals surface area contributed by atoms with Crippen molar-refractivity contribution in [2.24, 2.45) is 0 Å². The Hall–Kier alpha value is -2.88. The summed E-state index contributed by atoms with van der Waals surface area (Å²) in [5.74, 6) is 0.365. The minimum absolute atomic E-state index is 0.0341. The molecule has 1 amide bonds. The van der Waals surface area contributed by atoms with Crippen molar-refractivity contribution >= 4 is 22.6 Å². The van der Waals surface area contributed by atoms with Crippen LogP contribution in [0.4, 0.5) is 9.52 Å². The van der Waals surface area contributed by atoms with E-state index in [9.17, 15) is 9.18 Å². The van der Waals surface area contributed by atoms with Gasteiger partial charge < -0.3 is 15.0 Å². The molecule has 0 aliphatic carbocycles. The number of morpholine rings is 1. The summed E-state index contributed by atoms with van der Waals surface area (Å²) in [5.41, 5.74) is 2.04. The number of halogens is 1. The van der Waals surface area contributed by atoms with Crippen LogP contribution in [0.15, 0.2) is 54.6 Å². The number of hydrogen-bond acceptors (Lipinski definition) is 7. The second-order valence-electron chi connectivity index (χ2n) is 8.30. The normalized spacial score (nSPS) is 14.1. The highest BCUT2D eigenvalue weighted by atomic mass is 32.1. The number of ether oxygens (including phenoxy) is 1. The first-order valence-electron chi connectivity index (χ1n) is 11.6. The molecule has 9 heteroatoms. The lowest BCUT2D eigenvalue weighted by Crippen LogP contribution is -2.40. The minimum Gasteiger partial charge on any atom is -0.379 e. The van der Waals surface area contributed by atoms with Gasteiger partial charge in [0.15, 0.2) is 0 Å². The lowest BCUT2D eigenvalue weighted by molar-refractivity contribution is -0.119. The van der Waals surface area contributed by atoms with E-state index in [4.69, 9.17) is 4.74 Å². The summed E-state index contributed by atoms with van der Waals surface area (Å²) in [6.45, 7) is 5.84. The van der Waals surface area contributed by atoms with Gasteiger partial charge in [-0.05, 0) is 36.2 Å². The Morgan fingerprint density at radius 1 is 1.09 bits per heavy atom. The molecule has 0 unspecified atom stereocenters. The Labute approximate surface area is 203 Å². The molecule has 2 heterocycles. The number of amides is 1. The molecular weight excluding hydrogens is 453 g/mol. The number of nitrogens with one attached hydrogen (secondary N) is 1. The van der Waals surface area contributed by atoms with Gasteiger partial charge in [0, 0.05) is 44.1 Å². The van der Waals surface area contributed by atoms with Crippen LogP contribution in [0.25, 0.3) is 0 Å². The highest BCUT2D eigenvalue weighted by molar-refractivity contribution is 7.09. The number of benzene rings is 2. The highest BCUT2D eigenvalue weighted by Crippen LogP contribution is 2.21. The number of rotatable bonds is 11. The molecule has 3 aromatic rings. The third kappa shape index (κ3) is 7.58. The zero-order chi connectivity index (χ0) is 23.6. The van der Waals surface area contributed by atoms with E-state index in [-0.39, 0.29) is 18.3 Å². The molecule has 2 aromatic carbocycles. The molecule has 0 saturated carbocycles. The molecule has 1 saturated heterocycles. The van der Waals surface area contributed by atoms with Crippen molar-refractivity contribution in [1.29, 1.82) is 0 Å². The average Bonchev–Trinajstić information content (AvgIpc) is 3.33. The van der Waals surface area contributed by atoms with Crippen LogP contribution < -0.4 is 10.2 Å². The summed E-state index contributed by atoms with van der Waals surface area (Å²) in [7, 11) is 0. The van der Waals surface area contributed by atoms with Gasteiger partial charge >= 0.3 is 0 Å². The standard InChI is InChI=1S/C25H30FN5O2S/c26-22-9-7-20(8-10-22)17-23-28-25(34-29-23)31(18-21-5-2-1-3-6-21)19-24(32)27-11-4-12-30-13-15-33-16-14-30/h1-3,5-10H,4,11-19H2,(H,27,32). The van der Waals surface area contributed by atoms with Crippen LogP contribution in [0.1, 0.15) is 23.4 Å². The van der Waals surface area contributed by atoms with E-state index in [0.717, 1.165) is 50.4 Å². The average molecular weight is 484 g/mol. The molecule has 0 radical (unpaired) electrons. The van der Waals surface area contributed by atoms with Crippen molar-refractivity contribution in [3.63, 3.8) is 0 Å². The van der Waals surface area contributed by atoms with Gasteiger partial charge in [0.25, 0.3) is 0 Å². The predicted octanol–water partition coefficient (Wildman–Crippen LogP) is 3.11. The van der Waals surface area contributed by atoms with Crippen LogP contribution in [-0.4, -0.2) is 66.1 Å². The molecule has 0 atom stereocenters. The monoisotopic (exact) mass is 483 g/mol. The van der Waals surface area contributed by atoms with Gasteiger partial charge in [0.2, 0.25) is 11.0 Å². The third-order valence-electron chi connectivity index (χ3n) is 5.63. The predicted molar refractivity (Wildman–Crippen MR) is 131 cm³/mol. The zero-order valence-electron chi connectivity index (χ0n) is 19.2. The summed E-state index contributed by atoms with van der Waals surface area (Å²) in [6.07, 6.45) is 1.43. The van der Waals surface area contributed by atoms with Crippen LogP contribution in [0.5, 0.6) is 0 Å². The summed E-state index contributed by atoms with van der Waals surface area (Å²) in [5, 5.41) is 3.74. The highest BCUT2D eigenvalue weighted by Gasteiger charge is 2.17. The van der Waals surface area contributed by atoms with Crippen molar-refractivity contribution in [3.8, 4) is 0 Å². The van der Waals surface area contributed by atoms with Gasteiger partial charge in [-0.15, -0.1) is 0 Å². The van der Waals surface area contributed by atoms with Crippen LogP contribution in [0.3, 0.4) is 0 Å². The molecule has 1 aliphatic rings. The van der Waals surface area contributed by atoms with E-state index in [0.29, 0.717) is 30.5 Å². The maximum Gasteiger partial charge on any atom is 0.239 e. The lowest BCUT2D eigenvalue weighted by atomic mass is 10.1. The minimum atomic E-state index is -0.263. The number of aromatic nitrogens is 2. The van der Waals surface area contributed by atoms with Crippen molar-refractivity contribution < 1.29 is 13.9 Å². The molecule has 7 nitrogen and oxygen atoms in total. The van der Waals surface area contributed by atoms with Crippen molar-refractivity contribution in [2.75, 3.05) is 50.8 Å². The number of carbonyl (C=O) groups excluding carboxylic acids is 1. The Balaban J connectivity index is 1.34. The molecule has 1 fully saturated rings. The van der Waals surface area contributed by atoms with Crippen LogP contribution in [-0.2, 0) is 22.5 Å². The first-order valence-corrected chi connectivity index (χ1v) is 12.4. The first kappa shape index (κ1) is 24.3. The SMILES string of the molecule is O=C(CN(Cc1ccccc1)c1nc(Cc2ccc(F)cc2)ns1)NCCCN1CCOCC1. The Bertz CT molecular complexity index is 1030. The molecule has 4 rings (SSSR count).